The molecule has 2 fully saturated rings. The van der Waals surface area contributed by atoms with E-state index in [-0.39, 0.29) is 18.1 Å². The molecule has 6 heteroatoms. The van der Waals surface area contributed by atoms with Crippen LogP contribution in [0.1, 0.15) is 23.2 Å². The maximum absolute atomic E-state index is 12.6. The summed E-state index contributed by atoms with van der Waals surface area (Å²) in [5.74, 6) is 0.0614. The van der Waals surface area contributed by atoms with Gasteiger partial charge in [-0.15, -0.1) is 0 Å². The van der Waals surface area contributed by atoms with Crippen molar-refractivity contribution in [2.24, 2.45) is 0 Å². The summed E-state index contributed by atoms with van der Waals surface area (Å²) in [4.78, 5) is 16.8. The van der Waals surface area contributed by atoms with E-state index in [4.69, 9.17) is 11.6 Å². The molecule has 148 valence electrons. The van der Waals surface area contributed by atoms with Crippen molar-refractivity contribution in [3.63, 3.8) is 0 Å². The molecule has 5 nitrogen and oxygen atoms in total. The summed E-state index contributed by atoms with van der Waals surface area (Å²) in [6.07, 6.45) is 1.41. The Kier molecular flexibility index (Phi) is 5.85. The minimum Gasteiger partial charge on any atom is -0.390 e. The van der Waals surface area contributed by atoms with Gasteiger partial charge >= 0.3 is 0 Å². The number of aliphatic hydroxyl groups is 1. The summed E-state index contributed by atoms with van der Waals surface area (Å²) in [7, 11) is 0. The van der Waals surface area contributed by atoms with E-state index in [1.165, 1.54) is 0 Å². The van der Waals surface area contributed by atoms with Gasteiger partial charge in [0.2, 0.25) is 0 Å². The number of hydrogen-bond acceptors (Lipinski definition) is 4. The van der Waals surface area contributed by atoms with Gasteiger partial charge in [0, 0.05) is 48.5 Å². The van der Waals surface area contributed by atoms with Crippen molar-refractivity contribution in [2.45, 2.75) is 31.0 Å². The van der Waals surface area contributed by atoms with Crippen molar-refractivity contribution >= 4 is 23.2 Å². The Balaban J connectivity index is 1.28. The number of rotatable bonds is 4. The lowest BCUT2D eigenvalue weighted by Crippen LogP contribution is -2.50. The molecule has 4 rings (SSSR count). The minimum atomic E-state index is -0.381. The van der Waals surface area contributed by atoms with Crippen molar-refractivity contribution in [3.8, 4) is 0 Å². The summed E-state index contributed by atoms with van der Waals surface area (Å²) in [5, 5.41) is 14.7. The van der Waals surface area contributed by atoms with Gasteiger partial charge in [0.05, 0.1) is 12.1 Å². The molecule has 1 amide bonds. The van der Waals surface area contributed by atoms with Gasteiger partial charge in [0.25, 0.3) is 5.91 Å². The van der Waals surface area contributed by atoms with Gasteiger partial charge < -0.3 is 20.2 Å². The molecule has 0 spiro atoms. The van der Waals surface area contributed by atoms with Crippen LogP contribution in [0.4, 0.5) is 5.69 Å². The van der Waals surface area contributed by atoms with E-state index < -0.39 is 0 Å². The molecule has 0 saturated carbocycles. The van der Waals surface area contributed by atoms with E-state index in [2.05, 4.69) is 22.3 Å². The molecular weight excluding hydrogens is 374 g/mol. The Hall–Kier alpha value is -2.08. The number of hydrogen-bond donors (Lipinski definition) is 2. The van der Waals surface area contributed by atoms with Crippen LogP contribution in [0.25, 0.3) is 0 Å². The fourth-order valence-corrected chi connectivity index (χ4v) is 4.25. The van der Waals surface area contributed by atoms with Crippen LogP contribution in [0.15, 0.2) is 54.6 Å². The monoisotopic (exact) mass is 399 g/mol. The first kappa shape index (κ1) is 19.2. The molecule has 0 bridgehead atoms. The number of likely N-dealkylation sites (tertiary alicyclic amines) is 1. The first-order chi connectivity index (χ1) is 13.6. The second-order valence-electron chi connectivity index (χ2n) is 7.65. The number of piperidine rings is 1. The van der Waals surface area contributed by atoms with Crippen molar-refractivity contribution in [3.05, 3.63) is 65.2 Å². The second-order valence-corrected chi connectivity index (χ2v) is 8.09. The van der Waals surface area contributed by atoms with Crippen molar-refractivity contribution in [1.29, 1.82) is 0 Å². The molecule has 2 saturated heterocycles. The molecule has 28 heavy (non-hydrogen) atoms. The SMILES string of the molecule is O=C(c1ccc(Cl)cc1)N1CCC(N[C@H]2CN(c3ccccc3)C[C@@H]2O)CC1. The third-order valence-corrected chi connectivity index (χ3v) is 5.99. The lowest BCUT2D eigenvalue weighted by molar-refractivity contribution is 0.0691. The van der Waals surface area contributed by atoms with Crippen LogP contribution in [0.5, 0.6) is 0 Å². The molecule has 2 heterocycles. The zero-order valence-corrected chi connectivity index (χ0v) is 16.6. The van der Waals surface area contributed by atoms with E-state index in [1.54, 1.807) is 24.3 Å². The van der Waals surface area contributed by atoms with Gasteiger partial charge in [-0.2, -0.15) is 0 Å². The normalized spacial score (nSPS) is 23.2. The molecule has 2 aliphatic rings. The first-order valence-electron chi connectivity index (χ1n) is 9.89. The first-order valence-corrected chi connectivity index (χ1v) is 10.3. The predicted octanol–water partition coefficient (Wildman–Crippen LogP) is 2.78. The summed E-state index contributed by atoms with van der Waals surface area (Å²) >= 11 is 5.91. The number of anilines is 1. The number of para-hydroxylation sites is 1. The maximum atomic E-state index is 12.6. The number of amides is 1. The van der Waals surface area contributed by atoms with Crippen LogP contribution in [-0.2, 0) is 0 Å². The van der Waals surface area contributed by atoms with E-state index >= 15 is 0 Å². The molecule has 0 radical (unpaired) electrons. The molecule has 2 N–H and O–H groups in total. The lowest BCUT2D eigenvalue weighted by Gasteiger charge is -2.34. The average Bonchev–Trinajstić information content (AvgIpc) is 3.10. The zero-order valence-electron chi connectivity index (χ0n) is 15.8. The molecule has 2 atom stereocenters. The number of nitrogens with one attached hydrogen (secondary N) is 1. The Labute approximate surface area is 170 Å². The highest BCUT2D eigenvalue weighted by molar-refractivity contribution is 6.30. The molecule has 0 unspecified atom stereocenters. The summed E-state index contributed by atoms with van der Waals surface area (Å²) in [6, 6.07) is 17.7. The molecule has 2 aromatic rings. The van der Waals surface area contributed by atoms with Crippen LogP contribution in [0.2, 0.25) is 5.02 Å². The van der Waals surface area contributed by atoms with Gasteiger partial charge in [-0.25, -0.2) is 0 Å². The number of benzene rings is 2. The summed E-state index contributed by atoms with van der Waals surface area (Å²) in [6.45, 7) is 2.90. The largest absolute Gasteiger partial charge is 0.390 e. The number of carbonyl (C=O) groups excluding carboxylic acids is 1. The zero-order chi connectivity index (χ0) is 19.5. The number of aliphatic hydroxyl groups excluding tert-OH is 1. The fraction of sp³-hybridized carbons (Fsp3) is 0.409. The fourth-order valence-electron chi connectivity index (χ4n) is 4.13. The highest BCUT2D eigenvalue weighted by Crippen LogP contribution is 2.22. The van der Waals surface area contributed by atoms with Crippen LogP contribution >= 0.6 is 11.6 Å². The Bertz CT molecular complexity index is 791. The van der Waals surface area contributed by atoms with Crippen molar-refractivity contribution in [2.75, 3.05) is 31.1 Å². The van der Waals surface area contributed by atoms with E-state index in [9.17, 15) is 9.90 Å². The second kappa shape index (κ2) is 8.52. The topological polar surface area (TPSA) is 55.8 Å². The number of carbonyl (C=O) groups is 1. The van der Waals surface area contributed by atoms with Gasteiger partial charge in [0.15, 0.2) is 0 Å². The van der Waals surface area contributed by atoms with E-state index in [1.807, 2.05) is 23.1 Å². The molecule has 2 aliphatic heterocycles. The van der Waals surface area contributed by atoms with Gasteiger partial charge in [-0.1, -0.05) is 29.8 Å². The predicted molar refractivity (Wildman–Crippen MR) is 112 cm³/mol. The van der Waals surface area contributed by atoms with Gasteiger partial charge in [-0.05, 0) is 49.2 Å². The van der Waals surface area contributed by atoms with Crippen molar-refractivity contribution in [1.82, 2.24) is 10.2 Å². The van der Waals surface area contributed by atoms with Crippen LogP contribution < -0.4 is 10.2 Å². The van der Waals surface area contributed by atoms with E-state index in [0.717, 1.165) is 38.2 Å². The smallest absolute Gasteiger partial charge is 0.253 e. The molecule has 2 aromatic carbocycles. The van der Waals surface area contributed by atoms with Crippen LogP contribution in [0, 0.1) is 0 Å². The molecule has 0 aliphatic carbocycles. The standard InChI is InChI=1S/C22H26ClN3O2/c23-17-8-6-16(7-9-17)22(28)25-12-10-18(11-13-25)24-20-14-26(15-21(20)27)19-4-2-1-3-5-19/h1-9,18,20-21,24,27H,10-15H2/t20-,21-/m0/s1. The Morgan fingerprint density at radius 1 is 1.00 bits per heavy atom. The van der Waals surface area contributed by atoms with Gasteiger partial charge in [-0.3, -0.25) is 4.79 Å². The summed E-state index contributed by atoms with van der Waals surface area (Å²) in [5.41, 5.74) is 1.83. The highest BCUT2D eigenvalue weighted by Gasteiger charge is 2.34. The summed E-state index contributed by atoms with van der Waals surface area (Å²) < 4.78 is 0. The lowest BCUT2D eigenvalue weighted by atomic mass is 10.0. The number of β-amino-alcohol motifs (C(OH)–C–C–N with tert-alkyl or cyclic N) is 1. The number of halogens is 1. The maximum Gasteiger partial charge on any atom is 0.253 e. The van der Waals surface area contributed by atoms with Crippen LogP contribution in [0.3, 0.4) is 0 Å². The van der Waals surface area contributed by atoms with Gasteiger partial charge in [0.1, 0.15) is 0 Å². The Morgan fingerprint density at radius 3 is 2.36 bits per heavy atom. The quantitative estimate of drug-likeness (QED) is 0.830. The average molecular weight is 400 g/mol. The third kappa shape index (κ3) is 4.32. The molecule has 0 aromatic heterocycles. The van der Waals surface area contributed by atoms with E-state index in [0.29, 0.717) is 23.2 Å². The minimum absolute atomic E-state index is 0.0590. The van der Waals surface area contributed by atoms with Crippen LogP contribution in [-0.4, -0.2) is 60.3 Å². The molecular formula is C22H26ClN3O2. The third-order valence-electron chi connectivity index (χ3n) is 5.73. The van der Waals surface area contributed by atoms with Crippen molar-refractivity contribution < 1.29 is 9.90 Å². The number of nitrogens with zero attached hydrogens (tertiary/aromatic N) is 2. The highest BCUT2D eigenvalue weighted by atomic mass is 35.5. The Morgan fingerprint density at radius 2 is 1.68 bits per heavy atom.